The van der Waals surface area contributed by atoms with Crippen molar-refractivity contribution >= 4 is 33.1 Å². The summed E-state index contributed by atoms with van der Waals surface area (Å²) in [5, 5.41) is 2.64. The third kappa shape index (κ3) is 5.26. The summed E-state index contributed by atoms with van der Waals surface area (Å²) in [7, 11) is -3.95. The fraction of sp³-hybridized carbons (Fsp3) is 0.136. The maximum Gasteiger partial charge on any atom is 0.275 e. The van der Waals surface area contributed by atoms with Gasteiger partial charge >= 0.3 is 0 Å². The number of anilines is 2. The Morgan fingerprint density at radius 1 is 0.968 bits per heavy atom. The molecule has 3 aromatic rings. The van der Waals surface area contributed by atoms with Crippen LogP contribution in [0.15, 0.2) is 76.4 Å². The number of Topliss-reactive ketones (excluding diaryl/α,β-unsaturated/α-hetero) is 1. The molecule has 1 amide bonds. The Kier molecular flexibility index (Phi) is 6.36. The molecule has 0 bridgehead atoms. The van der Waals surface area contributed by atoms with E-state index in [1.54, 1.807) is 55.5 Å². The van der Waals surface area contributed by atoms with Crippen LogP contribution < -0.4 is 15.6 Å². The molecular weight excluding hydrogens is 418 g/mol. The molecule has 3 rings (SSSR count). The van der Waals surface area contributed by atoms with Gasteiger partial charge in [0.25, 0.3) is 15.6 Å². The number of nitrogens with zero attached hydrogens (tertiary/aromatic N) is 1. The van der Waals surface area contributed by atoms with Gasteiger partial charge in [0.2, 0.25) is 5.91 Å². The highest BCUT2D eigenvalue weighted by atomic mass is 32.2. The zero-order valence-corrected chi connectivity index (χ0v) is 17.8. The molecule has 0 saturated heterocycles. The average molecular weight is 439 g/mol. The molecule has 1 aromatic heterocycles. The van der Waals surface area contributed by atoms with Crippen molar-refractivity contribution in [3.05, 3.63) is 88.3 Å². The number of aromatic nitrogens is 1. The lowest BCUT2D eigenvalue weighted by atomic mass is 10.1. The number of aryl methyl sites for hydroxylation is 1. The van der Waals surface area contributed by atoms with Crippen molar-refractivity contribution in [2.45, 2.75) is 25.3 Å². The van der Waals surface area contributed by atoms with Crippen LogP contribution in [0, 0.1) is 6.92 Å². The fourth-order valence-electron chi connectivity index (χ4n) is 2.91. The van der Waals surface area contributed by atoms with Gasteiger partial charge in [-0.05, 0) is 50.2 Å². The van der Waals surface area contributed by atoms with Crippen LogP contribution in [-0.4, -0.2) is 24.7 Å². The quantitative estimate of drug-likeness (QED) is 0.550. The van der Waals surface area contributed by atoms with Crippen molar-refractivity contribution in [3.63, 3.8) is 0 Å². The Morgan fingerprint density at radius 3 is 2.35 bits per heavy atom. The first-order chi connectivity index (χ1) is 14.7. The number of benzene rings is 2. The van der Waals surface area contributed by atoms with E-state index in [0.717, 1.165) is 0 Å². The van der Waals surface area contributed by atoms with Crippen molar-refractivity contribution in [1.29, 1.82) is 0 Å². The van der Waals surface area contributed by atoms with Crippen molar-refractivity contribution in [2.75, 3.05) is 10.0 Å². The maximum atomic E-state index is 12.8. The second-order valence-electron chi connectivity index (χ2n) is 6.88. The van der Waals surface area contributed by atoms with Crippen LogP contribution in [0.3, 0.4) is 0 Å². The zero-order valence-electron chi connectivity index (χ0n) is 17.0. The van der Waals surface area contributed by atoms with Crippen molar-refractivity contribution in [2.24, 2.45) is 0 Å². The first-order valence-corrected chi connectivity index (χ1v) is 10.8. The third-order valence-corrected chi connectivity index (χ3v) is 5.93. The lowest BCUT2D eigenvalue weighted by Crippen LogP contribution is -2.31. The van der Waals surface area contributed by atoms with Gasteiger partial charge in [-0.1, -0.05) is 30.3 Å². The maximum absolute atomic E-state index is 12.8. The normalized spacial score (nSPS) is 11.0. The number of carbonyl (C=O) groups is 2. The number of rotatable bonds is 7. The van der Waals surface area contributed by atoms with Crippen molar-refractivity contribution in [1.82, 2.24) is 4.57 Å². The van der Waals surface area contributed by atoms with Gasteiger partial charge in [-0.3, -0.25) is 19.1 Å². The van der Waals surface area contributed by atoms with E-state index in [1.165, 1.54) is 29.7 Å². The highest BCUT2D eigenvalue weighted by Crippen LogP contribution is 2.14. The number of nitrogens with one attached hydrogen (secondary N) is 2. The molecule has 1 heterocycles. The summed E-state index contributed by atoms with van der Waals surface area (Å²) in [5.74, 6) is -0.629. The molecule has 0 aliphatic carbocycles. The zero-order chi connectivity index (χ0) is 22.6. The summed E-state index contributed by atoms with van der Waals surface area (Å²) in [4.78, 5) is 36.9. The average Bonchev–Trinajstić information content (AvgIpc) is 2.74. The smallest absolute Gasteiger partial charge is 0.275 e. The van der Waals surface area contributed by atoms with E-state index in [2.05, 4.69) is 10.0 Å². The van der Waals surface area contributed by atoms with E-state index in [1.807, 2.05) is 0 Å². The molecule has 0 spiro atoms. The van der Waals surface area contributed by atoms with Gasteiger partial charge in [0.05, 0.1) is 4.90 Å². The Morgan fingerprint density at radius 2 is 1.68 bits per heavy atom. The molecule has 0 fully saturated rings. The minimum Gasteiger partial charge on any atom is -0.325 e. The van der Waals surface area contributed by atoms with E-state index in [9.17, 15) is 22.8 Å². The second kappa shape index (κ2) is 8.97. The van der Waals surface area contributed by atoms with Crippen molar-refractivity contribution in [3.8, 4) is 0 Å². The highest BCUT2D eigenvalue weighted by molar-refractivity contribution is 7.92. The van der Waals surface area contributed by atoms with Gasteiger partial charge in [-0.2, -0.15) is 0 Å². The van der Waals surface area contributed by atoms with Gasteiger partial charge in [0, 0.05) is 16.9 Å². The van der Waals surface area contributed by atoms with Gasteiger partial charge < -0.3 is 9.88 Å². The predicted molar refractivity (Wildman–Crippen MR) is 118 cm³/mol. The van der Waals surface area contributed by atoms with Crippen LogP contribution in [0.4, 0.5) is 11.4 Å². The molecule has 160 valence electrons. The molecule has 0 radical (unpaired) electrons. The van der Waals surface area contributed by atoms with Crippen molar-refractivity contribution < 1.29 is 18.0 Å². The third-order valence-electron chi connectivity index (χ3n) is 4.54. The summed E-state index contributed by atoms with van der Waals surface area (Å²) < 4.78 is 28.5. The number of hydrogen-bond donors (Lipinski definition) is 2. The van der Waals surface area contributed by atoms with Crippen LogP contribution in [-0.2, 0) is 21.4 Å². The summed E-state index contributed by atoms with van der Waals surface area (Å²) in [5.41, 5.74) is 0.543. The number of amides is 1. The van der Waals surface area contributed by atoms with Crippen LogP contribution >= 0.6 is 0 Å². The molecule has 9 heteroatoms. The largest absolute Gasteiger partial charge is 0.325 e. The molecular formula is C22H21N3O5S. The van der Waals surface area contributed by atoms with Gasteiger partial charge in [0.1, 0.15) is 12.2 Å². The first-order valence-electron chi connectivity index (χ1n) is 9.36. The number of sulfonamides is 1. The summed E-state index contributed by atoms with van der Waals surface area (Å²) in [6.07, 6.45) is 0. The van der Waals surface area contributed by atoms with Crippen LogP contribution in [0.1, 0.15) is 23.0 Å². The molecule has 0 saturated carbocycles. The molecule has 0 unspecified atom stereocenters. The van der Waals surface area contributed by atoms with E-state index in [4.69, 9.17) is 0 Å². The molecule has 0 aliphatic rings. The van der Waals surface area contributed by atoms with Gasteiger partial charge in [-0.25, -0.2) is 8.42 Å². The Labute approximate surface area is 179 Å². The molecule has 2 N–H and O–H groups in total. The van der Waals surface area contributed by atoms with Gasteiger partial charge in [0.15, 0.2) is 5.78 Å². The predicted octanol–water partition coefficient (Wildman–Crippen LogP) is 2.80. The molecule has 31 heavy (non-hydrogen) atoms. The number of carbonyl (C=O) groups excluding carboxylic acids is 2. The van der Waals surface area contributed by atoms with E-state index in [-0.39, 0.29) is 22.9 Å². The minimum atomic E-state index is -3.95. The Bertz CT molecular complexity index is 1300. The van der Waals surface area contributed by atoms with Crippen LogP contribution in [0.5, 0.6) is 0 Å². The lowest BCUT2D eigenvalue weighted by molar-refractivity contribution is -0.116. The topological polar surface area (TPSA) is 114 Å². The summed E-state index contributed by atoms with van der Waals surface area (Å²) >= 11 is 0. The minimum absolute atomic E-state index is 0.0182. The Hall–Kier alpha value is -3.72. The Balaban J connectivity index is 1.82. The second-order valence-corrected chi connectivity index (χ2v) is 8.57. The highest BCUT2D eigenvalue weighted by Gasteiger charge is 2.18. The monoisotopic (exact) mass is 439 g/mol. The first kappa shape index (κ1) is 22.0. The van der Waals surface area contributed by atoms with Gasteiger partial charge in [-0.15, -0.1) is 0 Å². The standard InChI is InChI=1S/C22H21N3O5S/c1-15-11-12-20(24-31(29,30)19-9-4-3-5-10-19)22(28)25(15)14-21(27)23-18-8-6-7-17(13-18)16(2)26/h3-13,24H,14H2,1-2H3,(H,23,27). The summed E-state index contributed by atoms with van der Waals surface area (Å²) in [6.45, 7) is 2.74. The molecule has 0 atom stereocenters. The van der Waals surface area contributed by atoms with E-state index in [0.29, 0.717) is 16.9 Å². The summed E-state index contributed by atoms with van der Waals surface area (Å²) in [6, 6.07) is 17.0. The number of ketones is 1. The number of pyridine rings is 1. The molecule has 2 aromatic carbocycles. The lowest BCUT2D eigenvalue weighted by Gasteiger charge is -2.14. The SMILES string of the molecule is CC(=O)c1cccc(NC(=O)Cn2c(C)ccc(NS(=O)(=O)c3ccccc3)c2=O)c1. The van der Waals surface area contributed by atoms with E-state index >= 15 is 0 Å². The molecule has 0 aliphatic heterocycles. The fourth-order valence-corrected chi connectivity index (χ4v) is 3.99. The van der Waals surface area contributed by atoms with E-state index < -0.39 is 21.5 Å². The van der Waals surface area contributed by atoms with Crippen LogP contribution in [0.2, 0.25) is 0 Å². The van der Waals surface area contributed by atoms with Crippen LogP contribution in [0.25, 0.3) is 0 Å². The molecule has 8 nitrogen and oxygen atoms in total. The number of hydrogen-bond acceptors (Lipinski definition) is 5.